The molecule has 1 saturated carbocycles. The number of amides is 2. The Kier molecular flexibility index (Phi) is 5.67. The molecule has 5 heteroatoms. The molecule has 1 aliphatic carbocycles. The second kappa shape index (κ2) is 8.17. The van der Waals surface area contributed by atoms with Crippen LogP contribution in [0.4, 0.5) is 4.79 Å². The molecule has 5 nitrogen and oxygen atoms in total. The number of pyridine rings is 1. The molecule has 4 rings (SSSR count). The molecular weight excluding hydrogens is 336 g/mol. The molecule has 1 unspecified atom stereocenters. The predicted octanol–water partition coefficient (Wildman–Crippen LogP) is 3.72. The van der Waals surface area contributed by atoms with Crippen LogP contribution in [0, 0.1) is 12.3 Å². The zero-order valence-electron chi connectivity index (χ0n) is 16.8. The highest BCUT2D eigenvalue weighted by atomic mass is 16.2. The van der Waals surface area contributed by atoms with Crippen molar-refractivity contribution < 1.29 is 4.79 Å². The molecule has 3 heterocycles. The Labute approximate surface area is 163 Å². The van der Waals surface area contributed by atoms with Gasteiger partial charge in [0.15, 0.2) is 0 Å². The molecule has 0 aromatic carbocycles. The van der Waals surface area contributed by atoms with Gasteiger partial charge in [-0.15, -0.1) is 0 Å². The third-order valence-electron chi connectivity index (χ3n) is 6.73. The smallest absolute Gasteiger partial charge is 0.317 e. The fourth-order valence-corrected chi connectivity index (χ4v) is 5.32. The number of likely N-dealkylation sites (tertiary alicyclic amines) is 2. The second-order valence-electron chi connectivity index (χ2n) is 9.04. The van der Waals surface area contributed by atoms with Crippen LogP contribution in [0.15, 0.2) is 18.2 Å². The second-order valence-corrected chi connectivity index (χ2v) is 9.04. The maximum atomic E-state index is 12.7. The number of carbonyl (C=O) groups is 1. The molecule has 2 aliphatic heterocycles. The summed E-state index contributed by atoms with van der Waals surface area (Å²) < 4.78 is 0. The first-order valence-corrected chi connectivity index (χ1v) is 10.8. The third-order valence-corrected chi connectivity index (χ3v) is 6.73. The van der Waals surface area contributed by atoms with Crippen LogP contribution in [-0.4, -0.2) is 53.0 Å². The molecule has 2 saturated heterocycles. The summed E-state index contributed by atoms with van der Waals surface area (Å²) in [6.07, 6.45) is 9.77. The van der Waals surface area contributed by atoms with E-state index in [1.54, 1.807) is 0 Å². The summed E-state index contributed by atoms with van der Waals surface area (Å²) in [7, 11) is 0. The van der Waals surface area contributed by atoms with E-state index >= 15 is 0 Å². The van der Waals surface area contributed by atoms with Crippen LogP contribution in [0.25, 0.3) is 0 Å². The molecule has 2 amide bonds. The minimum Gasteiger partial charge on any atom is -0.335 e. The molecule has 3 aliphatic rings. The molecule has 148 valence electrons. The predicted molar refractivity (Wildman–Crippen MR) is 108 cm³/mol. The number of nitrogens with zero attached hydrogens (tertiary/aromatic N) is 3. The van der Waals surface area contributed by atoms with Crippen LogP contribution in [0.5, 0.6) is 0 Å². The highest BCUT2D eigenvalue weighted by Gasteiger charge is 2.43. The van der Waals surface area contributed by atoms with Gasteiger partial charge in [0.2, 0.25) is 0 Å². The molecular formula is C22H34N4O. The maximum Gasteiger partial charge on any atom is 0.317 e. The number of carbonyl (C=O) groups excluding carboxylic acids is 1. The standard InChI is InChI=1S/C22H34N4O/c1-18-7-5-10-20(23-18)15-25-13-6-11-22(16-25)12-14-26(17-22)21(27)24-19-8-3-2-4-9-19/h5,7,10,19H,2-4,6,8-9,11-17H2,1H3,(H,24,27). The van der Waals surface area contributed by atoms with Crippen LogP contribution < -0.4 is 5.32 Å². The van der Waals surface area contributed by atoms with Crippen LogP contribution in [0.1, 0.15) is 62.8 Å². The summed E-state index contributed by atoms with van der Waals surface area (Å²) in [5.74, 6) is 0. The lowest BCUT2D eigenvalue weighted by Crippen LogP contribution is -2.48. The summed E-state index contributed by atoms with van der Waals surface area (Å²) in [5, 5.41) is 3.30. The lowest BCUT2D eigenvalue weighted by molar-refractivity contribution is 0.0885. The maximum absolute atomic E-state index is 12.7. The van der Waals surface area contributed by atoms with Gasteiger partial charge in [0.25, 0.3) is 0 Å². The van der Waals surface area contributed by atoms with E-state index in [1.165, 1.54) is 32.1 Å². The van der Waals surface area contributed by atoms with Gasteiger partial charge in [0.05, 0.1) is 5.69 Å². The minimum absolute atomic E-state index is 0.177. The first kappa shape index (κ1) is 18.7. The summed E-state index contributed by atoms with van der Waals surface area (Å²) in [6, 6.07) is 6.87. The van der Waals surface area contributed by atoms with Crippen LogP contribution in [-0.2, 0) is 6.54 Å². The van der Waals surface area contributed by atoms with Gasteiger partial charge in [-0.3, -0.25) is 9.88 Å². The summed E-state index contributed by atoms with van der Waals surface area (Å²) in [5.41, 5.74) is 2.54. The van der Waals surface area contributed by atoms with Crippen molar-refractivity contribution in [2.45, 2.75) is 70.9 Å². The Morgan fingerprint density at radius 2 is 2.00 bits per heavy atom. The lowest BCUT2D eigenvalue weighted by atomic mass is 9.79. The summed E-state index contributed by atoms with van der Waals surface area (Å²) >= 11 is 0. The fourth-order valence-electron chi connectivity index (χ4n) is 5.32. The molecule has 1 N–H and O–H groups in total. The first-order valence-electron chi connectivity index (χ1n) is 10.8. The molecule has 3 fully saturated rings. The topological polar surface area (TPSA) is 48.5 Å². The molecule has 1 aromatic rings. The molecule has 1 atom stereocenters. The molecule has 27 heavy (non-hydrogen) atoms. The number of nitrogens with one attached hydrogen (secondary N) is 1. The van der Waals surface area contributed by atoms with Gasteiger partial charge < -0.3 is 10.2 Å². The van der Waals surface area contributed by atoms with Gasteiger partial charge in [-0.05, 0) is 57.7 Å². The van der Waals surface area contributed by atoms with E-state index in [0.717, 1.165) is 63.4 Å². The Bertz CT molecular complexity index is 657. The molecule has 0 radical (unpaired) electrons. The van der Waals surface area contributed by atoms with E-state index in [1.807, 2.05) is 0 Å². The van der Waals surface area contributed by atoms with Crippen molar-refractivity contribution in [3.63, 3.8) is 0 Å². The average Bonchev–Trinajstić information content (AvgIpc) is 3.06. The van der Waals surface area contributed by atoms with E-state index in [9.17, 15) is 4.79 Å². The van der Waals surface area contributed by atoms with Crippen molar-refractivity contribution in [2.24, 2.45) is 5.41 Å². The van der Waals surface area contributed by atoms with Gasteiger partial charge in [0, 0.05) is 43.3 Å². The summed E-state index contributed by atoms with van der Waals surface area (Å²) in [6.45, 7) is 7.05. The number of hydrogen-bond donors (Lipinski definition) is 1. The van der Waals surface area contributed by atoms with Gasteiger partial charge in [-0.2, -0.15) is 0 Å². The lowest BCUT2D eigenvalue weighted by Gasteiger charge is -2.40. The van der Waals surface area contributed by atoms with Crippen molar-refractivity contribution in [1.29, 1.82) is 0 Å². The Balaban J connectivity index is 1.32. The van der Waals surface area contributed by atoms with Crippen LogP contribution in [0.3, 0.4) is 0 Å². The van der Waals surface area contributed by atoms with Crippen molar-refractivity contribution >= 4 is 6.03 Å². The van der Waals surface area contributed by atoms with E-state index in [2.05, 4.69) is 45.2 Å². The van der Waals surface area contributed by atoms with E-state index < -0.39 is 0 Å². The third kappa shape index (κ3) is 4.63. The number of piperidine rings is 1. The van der Waals surface area contributed by atoms with Crippen molar-refractivity contribution in [2.75, 3.05) is 26.2 Å². The highest BCUT2D eigenvalue weighted by molar-refractivity contribution is 5.75. The Hall–Kier alpha value is -1.62. The normalized spacial score (nSPS) is 27.2. The molecule has 1 aromatic heterocycles. The van der Waals surface area contributed by atoms with Gasteiger partial charge in [-0.25, -0.2) is 4.79 Å². The zero-order chi connectivity index (χ0) is 18.7. The largest absolute Gasteiger partial charge is 0.335 e. The molecule has 0 bridgehead atoms. The number of hydrogen-bond acceptors (Lipinski definition) is 3. The molecule has 1 spiro atoms. The summed E-state index contributed by atoms with van der Waals surface area (Å²) in [4.78, 5) is 22.1. The monoisotopic (exact) mass is 370 g/mol. The average molecular weight is 371 g/mol. The van der Waals surface area contributed by atoms with E-state index in [-0.39, 0.29) is 11.4 Å². The fraction of sp³-hybridized carbons (Fsp3) is 0.727. The number of urea groups is 1. The van der Waals surface area contributed by atoms with E-state index in [4.69, 9.17) is 0 Å². The quantitative estimate of drug-likeness (QED) is 0.882. The van der Waals surface area contributed by atoms with Gasteiger partial charge >= 0.3 is 6.03 Å². The highest BCUT2D eigenvalue weighted by Crippen LogP contribution is 2.39. The SMILES string of the molecule is Cc1cccc(CN2CCCC3(CCN(C(=O)NC4CCCCC4)C3)C2)n1. The Morgan fingerprint density at radius 1 is 1.15 bits per heavy atom. The van der Waals surface area contributed by atoms with E-state index in [0.29, 0.717) is 6.04 Å². The van der Waals surface area contributed by atoms with Gasteiger partial charge in [0.1, 0.15) is 0 Å². The number of aryl methyl sites for hydroxylation is 1. The number of aromatic nitrogens is 1. The van der Waals surface area contributed by atoms with Crippen molar-refractivity contribution in [3.8, 4) is 0 Å². The Morgan fingerprint density at radius 3 is 2.81 bits per heavy atom. The van der Waals surface area contributed by atoms with Gasteiger partial charge in [-0.1, -0.05) is 25.3 Å². The van der Waals surface area contributed by atoms with Crippen molar-refractivity contribution in [1.82, 2.24) is 20.1 Å². The van der Waals surface area contributed by atoms with Crippen molar-refractivity contribution in [3.05, 3.63) is 29.6 Å². The number of rotatable bonds is 3. The first-order chi connectivity index (χ1) is 13.1. The van der Waals surface area contributed by atoms with Crippen LogP contribution >= 0.6 is 0 Å². The van der Waals surface area contributed by atoms with Crippen LogP contribution in [0.2, 0.25) is 0 Å². The zero-order valence-corrected chi connectivity index (χ0v) is 16.8. The minimum atomic E-state index is 0.177.